The molecule has 0 saturated heterocycles. The molecule has 0 atom stereocenters. The fourth-order valence-electron chi connectivity index (χ4n) is 1.80. The average molecular weight is 246 g/mol. The number of methoxy groups -OCH3 is 2. The lowest BCUT2D eigenvalue weighted by Gasteiger charge is -2.12. The number of rotatable bonds is 5. The number of aldehydes is 1. The Kier molecular flexibility index (Phi) is 3.62. The third-order valence-corrected chi connectivity index (χ3v) is 2.67. The lowest BCUT2D eigenvalue weighted by molar-refractivity contribution is 0.111. The van der Waals surface area contributed by atoms with Gasteiger partial charge in [-0.15, -0.1) is 0 Å². The first-order valence-corrected chi connectivity index (χ1v) is 5.46. The van der Waals surface area contributed by atoms with Gasteiger partial charge in [-0.2, -0.15) is 0 Å². The minimum absolute atomic E-state index is 0.460. The summed E-state index contributed by atoms with van der Waals surface area (Å²) in [5.41, 5.74) is 1.32. The van der Waals surface area contributed by atoms with E-state index in [4.69, 9.17) is 9.47 Å². The van der Waals surface area contributed by atoms with Crippen LogP contribution in [0.1, 0.15) is 16.2 Å². The number of hydrogen-bond acceptors (Lipinski definition) is 4. The molecule has 2 rings (SSSR count). The zero-order valence-corrected chi connectivity index (χ0v) is 10.3. The molecule has 0 fully saturated rings. The second-order valence-corrected chi connectivity index (χ2v) is 3.67. The lowest BCUT2D eigenvalue weighted by atomic mass is 10.3. The Morgan fingerprint density at radius 2 is 2.17 bits per heavy atom. The Labute approximate surface area is 105 Å². The van der Waals surface area contributed by atoms with Gasteiger partial charge in [0.05, 0.1) is 26.5 Å². The Balaban J connectivity index is 2.37. The molecule has 0 unspecified atom stereocenters. The minimum atomic E-state index is 0.460. The molecule has 0 aromatic carbocycles. The van der Waals surface area contributed by atoms with Crippen LogP contribution >= 0.6 is 0 Å². The quantitative estimate of drug-likeness (QED) is 0.754. The van der Waals surface area contributed by atoms with Crippen LogP contribution in [0.4, 0.5) is 0 Å². The van der Waals surface area contributed by atoms with E-state index >= 15 is 0 Å². The van der Waals surface area contributed by atoms with Gasteiger partial charge in [0.1, 0.15) is 5.69 Å². The summed E-state index contributed by atoms with van der Waals surface area (Å²) in [6, 6.07) is 5.30. The third-order valence-electron chi connectivity index (χ3n) is 2.67. The number of carbonyl (C=O) groups excluding carboxylic acids is 1. The predicted octanol–water partition coefficient (Wildman–Crippen LogP) is 1.76. The lowest BCUT2D eigenvalue weighted by Crippen LogP contribution is -2.06. The first kappa shape index (κ1) is 12.2. The van der Waals surface area contributed by atoms with Gasteiger partial charge in [0.15, 0.2) is 17.8 Å². The summed E-state index contributed by atoms with van der Waals surface area (Å²) in [4.78, 5) is 15.1. The molecule has 0 aliphatic carbocycles. The standard InChI is InChI=1S/C13H14N2O3/c1-17-12-5-6-14-11(13(12)18-2)8-15-7-3-4-10(15)9-16/h3-7,9H,8H2,1-2H3. The minimum Gasteiger partial charge on any atom is -0.493 e. The molecule has 2 aromatic heterocycles. The summed E-state index contributed by atoms with van der Waals surface area (Å²) in [7, 11) is 3.15. The molecule has 5 nitrogen and oxygen atoms in total. The van der Waals surface area contributed by atoms with E-state index in [9.17, 15) is 4.79 Å². The number of pyridine rings is 1. The van der Waals surface area contributed by atoms with Crippen molar-refractivity contribution < 1.29 is 14.3 Å². The highest BCUT2D eigenvalue weighted by atomic mass is 16.5. The third kappa shape index (κ3) is 2.20. The zero-order valence-electron chi connectivity index (χ0n) is 10.3. The maximum absolute atomic E-state index is 10.9. The molecular formula is C13H14N2O3. The predicted molar refractivity (Wildman–Crippen MR) is 66.3 cm³/mol. The van der Waals surface area contributed by atoms with Gasteiger partial charge < -0.3 is 14.0 Å². The molecule has 0 aliphatic heterocycles. The van der Waals surface area contributed by atoms with Gasteiger partial charge in [0, 0.05) is 18.5 Å². The van der Waals surface area contributed by atoms with E-state index in [0.717, 1.165) is 12.0 Å². The number of aromatic nitrogens is 2. The van der Waals surface area contributed by atoms with Crippen LogP contribution in [0, 0.1) is 0 Å². The molecule has 0 amide bonds. The highest BCUT2D eigenvalue weighted by Crippen LogP contribution is 2.29. The molecule has 2 heterocycles. The van der Waals surface area contributed by atoms with Gasteiger partial charge in [-0.25, -0.2) is 0 Å². The van der Waals surface area contributed by atoms with Gasteiger partial charge in [-0.3, -0.25) is 9.78 Å². The van der Waals surface area contributed by atoms with Crippen LogP contribution in [-0.4, -0.2) is 30.1 Å². The maximum atomic E-state index is 10.9. The molecule has 2 aromatic rings. The first-order valence-electron chi connectivity index (χ1n) is 5.46. The van der Waals surface area contributed by atoms with Gasteiger partial charge in [-0.05, 0) is 12.1 Å². The van der Waals surface area contributed by atoms with Crippen molar-refractivity contribution in [1.29, 1.82) is 0 Å². The van der Waals surface area contributed by atoms with Gasteiger partial charge in [-0.1, -0.05) is 0 Å². The van der Waals surface area contributed by atoms with Crippen molar-refractivity contribution in [2.24, 2.45) is 0 Å². The van der Waals surface area contributed by atoms with Crippen molar-refractivity contribution in [3.63, 3.8) is 0 Å². The second kappa shape index (κ2) is 5.35. The Morgan fingerprint density at radius 1 is 1.33 bits per heavy atom. The summed E-state index contributed by atoms with van der Waals surface area (Å²) < 4.78 is 12.3. The SMILES string of the molecule is COc1ccnc(Cn2cccc2C=O)c1OC. The van der Waals surface area contributed by atoms with Crippen molar-refractivity contribution in [2.45, 2.75) is 6.54 Å². The van der Waals surface area contributed by atoms with Crippen LogP contribution in [0.25, 0.3) is 0 Å². The van der Waals surface area contributed by atoms with Crippen molar-refractivity contribution in [3.8, 4) is 11.5 Å². The number of nitrogens with zero attached hydrogens (tertiary/aromatic N) is 2. The summed E-state index contributed by atoms with van der Waals surface area (Å²) in [5, 5.41) is 0. The van der Waals surface area contributed by atoms with E-state index in [1.807, 2.05) is 12.3 Å². The largest absolute Gasteiger partial charge is 0.493 e. The molecule has 0 spiro atoms. The van der Waals surface area contributed by atoms with Crippen LogP contribution in [-0.2, 0) is 6.54 Å². The summed E-state index contributed by atoms with van der Waals surface area (Å²) >= 11 is 0. The van der Waals surface area contributed by atoms with Gasteiger partial charge in [0.2, 0.25) is 0 Å². The highest BCUT2D eigenvalue weighted by molar-refractivity contribution is 5.72. The Morgan fingerprint density at radius 3 is 2.83 bits per heavy atom. The molecule has 94 valence electrons. The molecule has 5 heteroatoms. The highest BCUT2D eigenvalue weighted by Gasteiger charge is 2.12. The fourth-order valence-corrected chi connectivity index (χ4v) is 1.80. The fraction of sp³-hybridized carbons (Fsp3) is 0.231. The number of carbonyl (C=O) groups is 1. The van der Waals surface area contributed by atoms with Gasteiger partial charge in [0.25, 0.3) is 0 Å². The maximum Gasteiger partial charge on any atom is 0.184 e. The molecule has 0 bridgehead atoms. The summed E-state index contributed by atoms with van der Waals surface area (Å²) in [5.74, 6) is 1.22. The first-order chi connectivity index (χ1) is 8.80. The van der Waals surface area contributed by atoms with Crippen molar-refractivity contribution >= 4 is 6.29 Å². The van der Waals surface area contributed by atoms with Crippen LogP contribution in [0.15, 0.2) is 30.6 Å². The van der Waals surface area contributed by atoms with Crippen LogP contribution in [0.2, 0.25) is 0 Å². The van der Waals surface area contributed by atoms with Crippen LogP contribution in [0.3, 0.4) is 0 Å². The summed E-state index contributed by atoms with van der Waals surface area (Å²) in [6.07, 6.45) is 4.29. The van der Waals surface area contributed by atoms with E-state index in [-0.39, 0.29) is 0 Å². The second-order valence-electron chi connectivity index (χ2n) is 3.67. The summed E-state index contributed by atoms with van der Waals surface area (Å²) in [6.45, 7) is 0.460. The molecule has 0 saturated carbocycles. The van der Waals surface area contributed by atoms with Crippen LogP contribution < -0.4 is 9.47 Å². The zero-order chi connectivity index (χ0) is 13.0. The van der Waals surface area contributed by atoms with Crippen molar-refractivity contribution in [1.82, 2.24) is 9.55 Å². The topological polar surface area (TPSA) is 53.4 Å². The molecule has 0 N–H and O–H groups in total. The Hall–Kier alpha value is -2.30. The smallest absolute Gasteiger partial charge is 0.184 e. The van der Waals surface area contributed by atoms with E-state index in [1.54, 1.807) is 37.1 Å². The number of hydrogen-bond donors (Lipinski definition) is 0. The van der Waals surface area contributed by atoms with Crippen molar-refractivity contribution in [3.05, 3.63) is 42.0 Å². The van der Waals surface area contributed by atoms with Crippen LogP contribution in [0.5, 0.6) is 11.5 Å². The van der Waals surface area contributed by atoms with E-state index in [2.05, 4.69) is 4.98 Å². The molecule has 18 heavy (non-hydrogen) atoms. The molecule has 0 radical (unpaired) electrons. The monoisotopic (exact) mass is 246 g/mol. The normalized spacial score (nSPS) is 10.1. The number of ether oxygens (including phenoxy) is 2. The Bertz CT molecular complexity index is 549. The van der Waals surface area contributed by atoms with Gasteiger partial charge >= 0.3 is 0 Å². The van der Waals surface area contributed by atoms with E-state index in [1.165, 1.54) is 0 Å². The average Bonchev–Trinajstić information content (AvgIpc) is 2.85. The molecule has 0 aliphatic rings. The van der Waals surface area contributed by atoms with E-state index in [0.29, 0.717) is 23.7 Å². The van der Waals surface area contributed by atoms with Crippen molar-refractivity contribution in [2.75, 3.05) is 14.2 Å². The molecular weight excluding hydrogens is 232 g/mol. The van der Waals surface area contributed by atoms with E-state index < -0.39 is 0 Å².